The van der Waals surface area contributed by atoms with Gasteiger partial charge < -0.3 is 10.5 Å². The normalized spacial score (nSPS) is 11.6. The van der Waals surface area contributed by atoms with E-state index in [4.69, 9.17) is 10.5 Å². The lowest BCUT2D eigenvalue weighted by atomic mass is 10.1. The largest absolute Gasteiger partial charge is 0.423 e. The summed E-state index contributed by atoms with van der Waals surface area (Å²) in [4.78, 5) is 0. The molecule has 1 heterocycles. The molecule has 0 bridgehead atoms. The standard InChI is InChI=1S/C10H10F3N5O/c1-18-9(15-16-17-18)19-8-3-2-6(5-14)4-7(8)10(11,12)13/h2-4H,5,14H2,1H3. The van der Waals surface area contributed by atoms with Gasteiger partial charge in [-0.3, -0.25) is 0 Å². The predicted molar refractivity (Wildman–Crippen MR) is 58.2 cm³/mol. The first kappa shape index (κ1) is 13.3. The number of tetrazole rings is 1. The van der Waals surface area contributed by atoms with Gasteiger partial charge in [-0.2, -0.15) is 17.9 Å². The van der Waals surface area contributed by atoms with Crippen LogP contribution < -0.4 is 10.5 Å². The Morgan fingerprint density at radius 1 is 1.37 bits per heavy atom. The SMILES string of the molecule is Cn1nnnc1Oc1ccc(CN)cc1C(F)(F)F. The highest BCUT2D eigenvalue weighted by Gasteiger charge is 2.35. The third-order valence-corrected chi connectivity index (χ3v) is 2.37. The maximum Gasteiger partial charge on any atom is 0.419 e. The highest BCUT2D eigenvalue weighted by molar-refractivity contribution is 5.40. The molecule has 1 aromatic carbocycles. The van der Waals surface area contributed by atoms with Crippen LogP contribution in [0.25, 0.3) is 0 Å². The first-order chi connectivity index (χ1) is 8.91. The van der Waals surface area contributed by atoms with Crippen LogP contribution in [0.2, 0.25) is 0 Å². The van der Waals surface area contributed by atoms with E-state index in [2.05, 4.69) is 15.5 Å². The molecule has 0 atom stereocenters. The Labute approximate surface area is 106 Å². The number of aromatic nitrogens is 4. The van der Waals surface area contributed by atoms with Gasteiger partial charge in [0.05, 0.1) is 5.56 Å². The molecule has 0 fully saturated rings. The summed E-state index contributed by atoms with van der Waals surface area (Å²) in [6.45, 7) is 0.00881. The molecule has 0 saturated heterocycles. The quantitative estimate of drug-likeness (QED) is 0.916. The van der Waals surface area contributed by atoms with Crippen molar-refractivity contribution in [3.05, 3.63) is 29.3 Å². The van der Waals surface area contributed by atoms with E-state index in [-0.39, 0.29) is 18.3 Å². The molecule has 0 aliphatic heterocycles. The Morgan fingerprint density at radius 3 is 2.63 bits per heavy atom. The molecule has 19 heavy (non-hydrogen) atoms. The Morgan fingerprint density at radius 2 is 2.11 bits per heavy atom. The molecule has 2 aromatic rings. The molecular weight excluding hydrogens is 263 g/mol. The minimum absolute atomic E-state index is 0.00881. The summed E-state index contributed by atoms with van der Waals surface area (Å²) in [6, 6.07) is 3.46. The molecule has 102 valence electrons. The van der Waals surface area contributed by atoms with Gasteiger partial charge >= 0.3 is 12.2 Å². The van der Waals surface area contributed by atoms with E-state index in [1.165, 1.54) is 19.2 Å². The van der Waals surface area contributed by atoms with Gasteiger partial charge in [-0.05, 0) is 28.1 Å². The molecule has 0 unspecified atom stereocenters. The molecule has 0 spiro atoms. The summed E-state index contributed by atoms with van der Waals surface area (Å²) in [5.41, 5.74) is 4.77. The fourth-order valence-corrected chi connectivity index (χ4v) is 1.42. The van der Waals surface area contributed by atoms with Crippen LogP contribution in [-0.2, 0) is 19.8 Å². The summed E-state index contributed by atoms with van der Waals surface area (Å²) >= 11 is 0. The van der Waals surface area contributed by atoms with Crippen LogP contribution in [-0.4, -0.2) is 20.2 Å². The fraction of sp³-hybridized carbons (Fsp3) is 0.300. The van der Waals surface area contributed by atoms with E-state index in [1.807, 2.05) is 0 Å². The van der Waals surface area contributed by atoms with Crippen molar-refractivity contribution in [3.8, 4) is 11.8 Å². The molecule has 2 N–H and O–H groups in total. The highest BCUT2D eigenvalue weighted by Crippen LogP contribution is 2.38. The van der Waals surface area contributed by atoms with E-state index in [0.717, 1.165) is 10.7 Å². The number of hydrogen-bond acceptors (Lipinski definition) is 5. The molecule has 1 aromatic heterocycles. The van der Waals surface area contributed by atoms with Crippen LogP contribution in [0.3, 0.4) is 0 Å². The molecule has 0 aliphatic carbocycles. The van der Waals surface area contributed by atoms with Gasteiger partial charge in [-0.25, -0.2) is 0 Å². The van der Waals surface area contributed by atoms with Crippen molar-refractivity contribution in [3.63, 3.8) is 0 Å². The molecule has 9 heteroatoms. The Kier molecular flexibility index (Phi) is 3.38. The van der Waals surface area contributed by atoms with Crippen LogP contribution in [0.4, 0.5) is 13.2 Å². The van der Waals surface area contributed by atoms with Gasteiger partial charge in [0, 0.05) is 13.6 Å². The zero-order valence-corrected chi connectivity index (χ0v) is 9.85. The van der Waals surface area contributed by atoms with Gasteiger partial charge in [-0.1, -0.05) is 11.2 Å². The molecule has 0 radical (unpaired) electrons. The van der Waals surface area contributed by atoms with Crippen molar-refractivity contribution in [1.29, 1.82) is 0 Å². The second-order valence-corrected chi connectivity index (χ2v) is 3.72. The zero-order valence-electron chi connectivity index (χ0n) is 9.85. The second-order valence-electron chi connectivity index (χ2n) is 3.72. The molecule has 0 saturated carbocycles. The summed E-state index contributed by atoms with van der Waals surface area (Å²) in [5, 5.41) is 10.2. The van der Waals surface area contributed by atoms with Gasteiger partial charge in [0.2, 0.25) is 0 Å². The Balaban J connectivity index is 2.42. The maximum atomic E-state index is 12.9. The number of halogens is 3. The first-order valence-corrected chi connectivity index (χ1v) is 5.22. The van der Waals surface area contributed by atoms with E-state index >= 15 is 0 Å². The Bertz CT molecular complexity index is 581. The van der Waals surface area contributed by atoms with Gasteiger partial charge in [-0.15, -0.1) is 0 Å². The number of ether oxygens (including phenoxy) is 1. The van der Waals surface area contributed by atoms with Crippen LogP contribution >= 0.6 is 0 Å². The van der Waals surface area contributed by atoms with Gasteiger partial charge in [0.1, 0.15) is 5.75 Å². The fourth-order valence-electron chi connectivity index (χ4n) is 1.42. The smallest absolute Gasteiger partial charge is 0.419 e. The molecular formula is C10H10F3N5O. The minimum atomic E-state index is -4.55. The number of nitrogens with two attached hydrogens (primary N) is 1. The lowest BCUT2D eigenvalue weighted by molar-refractivity contribution is -0.138. The van der Waals surface area contributed by atoms with E-state index < -0.39 is 11.7 Å². The molecule has 0 amide bonds. The zero-order chi connectivity index (χ0) is 14.0. The van der Waals surface area contributed by atoms with Crippen LogP contribution in [0.5, 0.6) is 11.8 Å². The minimum Gasteiger partial charge on any atom is -0.423 e. The second kappa shape index (κ2) is 4.84. The van der Waals surface area contributed by atoms with Crippen molar-refractivity contribution in [2.45, 2.75) is 12.7 Å². The summed E-state index contributed by atoms with van der Waals surface area (Å²) in [5.74, 6) is -0.373. The molecule has 2 rings (SSSR count). The first-order valence-electron chi connectivity index (χ1n) is 5.22. The van der Waals surface area contributed by atoms with Crippen molar-refractivity contribution >= 4 is 0 Å². The van der Waals surface area contributed by atoms with Crippen molar-refractivity contribution < 1.29 is 17.9 Å². The number of aryl methyl sites for hydroxylation is 1. The average molecular weight is 273 g/mol. The number of nitrogens with zero attached hydrogens (tertiary/aromatic N) is 4. The van der Waals surface area contributed by atoms with Gasteiger partial charge in [0.15, 0.2) is 0 Å². The van der Waals surface area contributed by atoms with Gasteiger partial charge in [0.25, 0.3) is 0 Å². The number of hydrogen-bond donors (Lipinski definition) is 1. The lowest BCUT2D eigenvalue weighted by Crippen LogP contribution is -2.10. The average Bonchev–Trinajstić information content (AvgIpc) is 2.74. The van der Waals surface area contributed by atoms with E-state index in [1.54, 1.807) is 0 Å². The Hall–Kier alpha value is -2.16. The summed E-state index contributed by atoms with van der Waals surface area (Å²) < 4.78 is 44.9. The van der Waals surface area contributed by atoms with Crippen molar-refractivity contribution in [2.75, 3.05) is 0 Å². The maximum absolute atomic E-state index is 12.9. The highest BCUT2D eigenvalue weighted by atomic mass is 19.4. The third-order valence-electron chi connectivity index (χ3n) is 2.37. The monoisotopic (exact) mass is 273 g/mol. The van der Waals surface area contributed by atoms with Crippen molar-refractivity contribution in [1.82, 2.24) is 20.2 Å². The lowest BCUT2D eigenvalue weighted by Gasteiger charge is -2.13. The number of rotatable bonds is 3. The number of alkyl halides is 3. The summed E-state index contributed by atoms with van der Waals surface area (Å²) in [7, 11) is 1.46. The van der Waals surface area contributed by atoms with Crippen LogP contribution in [0, 0.1) is 0 Å². The van der Waals surface area contributed by atoms with E-state index in [9.17, 15) is 13.2 Å². The van der Waals surface area contributed by atoms with E-state index in [0.29, 0.717) is 5.56 Å². The number of benzene rings is 1. The van der Waals surface area contributed by atoms with Crippen LogP contribution in [0.15, 0.2) is 18.2 Å². The third kappa shape index (κ3) is 2.81. The van der Waals surface area contributed by atoms with Crippen LogP contribution in [0.1, 0.15) is 11.1 Å². The molecule has 0 aliphatic rings. The topological polar surface area (TPSA) is 78.8 Å². The van der Waals surface area contributed by atoms with Crippen molar-refractivity contribution in [2.24, 2.45) is 12.8 Å². The molecule has 6 nitrogen and oxygen atoms in total. The predicted octanol–water partition coefficient (Wildman–Crippen LogP) is 1.48. The summed E-state index contributed by atoms with van der Waals surface area (Å²) in [6.07, 6.45) is -4.55.